The fourth-order valence-electron chi connectivity index (χ4n) is 2.59. The number of thiophene rings is 1. The third-order valence-electron chi connectivity index (χ3n) is 4.20. The van der Waals surface area contributed by atoms with Crippen molar-refractivity contribution in [1.82, 2.24) is 10.7 Å². The Bertz CT molecular complexity index is 1110. The van der Waals surface area contributed by atoms with Crippen molar-refractivity contribution in [3.63, 3.8) is 0 Å². The summed E-state index contributed by atoms with van der Waals surface area (Å²) in [7, 11) is 3.89. The number of rotatable bonds is 7. The van der Waals surface area contributed by atoms with Crippen LogP contribution in [-0.4, -0.2) is 32.1 Å². The van der Waals surface area contributed by atoms with Gasteiger partial charge in [-0.25, -0.2) is 5.43 Å². The van der Waals surface area contributed by atoms with Crippen molar-refractivity contribution in [1.29, 1.82) is 0 Å². The number of nitrogens with zero attached hydrogens (tertiary/aromatic N) is 2. The number of nitrogens with one attached hydrogen (secondary N) is 2. The van der Waals surface area contributed by atoms with E-state index >= 15 is 0 Å². The van der Waals surface area contributed by atoms with Crippen molar-refractivity contribution in [2.45, 2.75) is 0 Å². The molecule has 158 valence electrons. The predicted molar refractivity (Wildman–Crippen MR) is 128 cm³/mol. The van der Waals surface area contributed by atoms with Crippen LogP contribution in [0.1, 0.15) is 20.8 Å². The van der Waals surface area contributed by atoms with Gasteiger partial charge < -0.3 is 10.2 Å². The van der Waals surface area contributed by atoms with Crippen LogP contribution in [0.5, 0.6) is 0 Å². The van der Waals surface area contributed by atoms with Gasteiger partial charge in [0.15, 0.2) is 0 Å². The highest BCUT2D eigenvalue weighted by atomic mass is 35.5. The molecule has 2 amide bonds. The molecule has 0 aliphatic rings. The number of halogens is 1. The van der Waals surface area contributed by atoms with Gasteiger partial charge in [-0.1, -0.05) is 41.9 Å². The van der Waals surface area contributed by atoms with Gasteiger partial charge in [-0.15, -0.1) is 11.3 Å². The monoisotopic (exact) mass is 452 g/mol. The summed E-state index contributed by atoms with van der Waals surface area (Å²) >= 11 is 7.24. The molecule has 0 radical (unpaired) electrons. The molecule has 0 aliphatic heterocycles. The first kappa shape index (κ1) is 22.3. The van der Waals surface area contributed by atoms with E-state index in [-0.39, 0.29) is 11.6 Å². The van der Waals surface area contributed by atoms with Gasteiger partial charge in [0.1, 0.15) is 5.70 Å². The lowest BCUT2D eigenvalue weighted by atomic mass is 10.1. The van der Waals surface area contributed by atoms with E-state index in [1.807, 2.05) is 49.3 Å². The van der Waals surface area contributed by atoms with Crippen LogP contribution in [0, 0.1) is 0 Å². The Labute approximate surface area is 189 Å². The molecule has 0 saturated heterocycles. The fraction of sp³-hybridized carbons (Fsp3) is 0.0870. The van der Waals surface area contributed by atoms with Crippen LogP contribution in [0.3, 0.4) is 0 Å². The van der Waals surface area contributed by atoms with Crippen LogP contribution in [-0.2, 0) is 4.79 Å². The third kappa shape index (κ3) is 6.53. The van der Waals surface area contributed by atoms with E-state index in [1.165, 1.54) is 17.6 Å². The van der Waals surface area contributed by atoms with E-state index in [0.29, 0.717) is 9.90 Å². The second kappa shape index (κ2) is 10.6. The highest BCUT2D eigenvalue weighted by molar-refractivity contribution is 7.17. The van der Waals surface area contributed by atoms with Crippen LogP contribution in [0.25, 0.3) is 6.08 Å². The van der Waals surface area contributed by atoms with Crippen molar-refractivity contribution in [3.8, 4) is 0 Å². The second-order valence-corrected chi connectivity index (χ2v) is 8.45. The Morgan fingerprint density at radius 2 is 1.71 bits per heavy atom. The maximum atomic E-state index is 12.7. The van der Waals surface area contributed by atoms with Gasteiger partial charge in [-0.2, -0.15) is 5.10 Å². The topological polar surface area (TPSA) is 73.8 Å². The lowest BCUT2D eigenvalue weighted by molar-refractivity contribution is -0.117. The summed E-state index contributed by atoms with van der Waals surface area (Å²) in [5.41, 5.74) is 4.76. The highest BCUT2D eigenvalue weighted by Crippen LogP contribution is 2.19. The normalized spacial score (nSPS) is 11.4. The van der Waals surface area contributed by atoms with Crippen LogP contribution in [0.2, 0.25) is 4.34 Å². The van der Waals surface area contributed by atoms with E-state index in [9.17, 15) is 9.59 Å². The molecule has 6 nitrogen and oxygen atoms in total. The lowest BCUT2D eigenvalue weighted by Crippen LogP contribution is -2.32. The summed E-state index contributed by atoms with van der Waals surface area (Å²) < 4.78 is 0.629. The molecule has 1 heterocycles. The van der Waals surface area contributed by atoms with E-state index < -0.39 is 5.91 Å². The molecule has 8 heteroatoms. The standard InChI is InChI=1S/C23H21ClN4O2S/c1-28(2)18-10-8-16(9-11-18)14-20(26-22(29)17-6-4-3-5-7-17)23(30)27-25-15-19-12-13-21(24)31-19/h3-15H,1-2H3,(H,26,29)(H,27,30)/b20-14-,25-15+. The number of hydrogen-bond donors (Lipinski definition) is 2. The highest BCUT2D eigenvalue weighted by Gasteiger charge is 2.14. The summed E-state index contributed by atoms with van der Waals surface area (Å²) in [6, 6.07) is 19.8. The SMILES string of the molecule is CN(C)c1ccc(/C=C(\NC(=O)c2ccccc2)C(=O)N/N=C/c2ccc(Cl)s2)cc1. The minimum atomic E-state index is -0.542. The number of amides is 2. The van der Waals surface area contributed by atoms with Gasteiger partial charge in [-0.3, -0.25) is 9.59 Å². The summed E-state index contributed by atoms with van der Waals surface area (Å²) in [6.45, 7) is 0. The average molecular weight is 453 g/mol. The van der Waals surface area contributed by atoms with Crippen LogP contribution >= 0.6 is 22.9 Å². The minimum Gasteiger partial charge on any atom is -0.378 e. The van der Waals surface area contributed by atoms with Crippen molar-refractivity contribution in [3.05, 3.63) is 92.8 Å². The maximum Gasteiger partial charge on any atom is 0.287 e. The van der Waals surface area contributed by atoms with E-state index in [0.717, 1.165) is 16.1 Å². The zero-order chi connectivity index (χ0) is 22.2. The van der Waals surface area contributed by atoms with Gasteiger partial charge in [0.2, 0.25) is 0 Å². The lowest BCUT2D eigenvalue weighted by Gasteiger charge is -2.12. The molecule has 1 aromatic heterocycles. The largest absolute Gasteiger partial charge is 0.378 e. The zero-order valence-corrected chi connectivity index (χ0v) is 18.6. The number of carbonyl (C=O) groups excluding carboxylic acids is 2. The zero-order valence-electron chi connectivity index (χ0n) is 17.0. The maximum absolute atomic E-state index is 12.7. The summed E-state index contributed by atoms with van der Waals surface area (Å²) in [4.78, 5) is 28.1. The first-order chi connectivity index (χ1) is 14.9. The van der Waals surface area contributed by atoms with Crippen molar-refractivity contribution in [2.75, 3.05) is 19.0 Å². The number of benzene rings is 2. The van der Waals surface area contributed by atoms with E-state index in [2.05, 4.69) is 15.8 Å². The Balaban J connectivity index is 1.81. The Hall–Kier alpha value is -3.42. The molecule has 0 saturated carbocycles. The van der Waals surface area contributed by atoms with Gasteiger partial charge >= 0.3 is 0 Å². The summed E-state index contributed by atoms with van der Waals surface area (Å²) in [5, 5.41) is 6.64. The fourth-order valence-corrected chi connectivity index (χ4v) is 3.52. The van der Waals surface area contributed by atoms with Gasteiger partial charge in [-0.05, 0) is 48.0 Å². The smallest absolute Gasteiger partial charge is 0.287 e. The predicted octanol–water partition coefficient (Wildman–Crippen LogP) is 4.39. The van der Waals surface area contributed by atoms with Crippen LogP contribution in [0.15, 0.2) is 77.5 Å². The number of hydrogen-bond acceptors (Lipinski definition) is 5. The molecule has 3 rings (SSSR count). The molecule has 0 bridgehead atoms. The molecule has 3 aromatic rings. The second-order valence-electron chi connectivity index (χ2n) is 6.71. The van der Waals surface area contributed by atoms with Crippen molar-refractivity contribution < 1.29 is 9.59 Å². The van der Waals surface area contributed by atoms with Crippen LogP contribution < -0.4 is 15.6 Å². The first-order valence-electron chi connectivity index (χ1n) is 9.36. The minimum absolute atomic E-state index is 0.0767. The van der Waals surface area contributed by atoms with E-state index in [1.54, 1.807) is 42.5 Å². The molecule has 0 aliphatic carbocycles. The molecule has 2 N–H and O–H groups in total. The first-order valence-corrected chi connectivity index (χ1v) is 10.6. The Morgan fingerprint density at radius 1 is 1.00 bits per heavy atom. The number of carbonyl (C=O) groups is 2. The molecule has 0 atom stereocenters. The number of anilines is 1. The molecule has 2 aromatic carbocycles. The number of hydrazone groups is 1. The molecular formula is C23H21ClN4O2S. The van der Waals surface area contributed by atoms with Crippen molar-refractivity contribution >= 4 is 52.7 Å². The quantitative estimate of drug-likeness (QED) is 0.317. The van der Waals surface area contributed by atoms with Gasteiger partial charge in [0.25, 0.3) is 11.8 Å². The Kier molecular flexibility index (Phi) is 7.59. The van der Waals surface area contributed by atoms with Gasteiger partial charge in [0.05, 0.1) is 10.6 Å². The molecule has 0 unspecified atom stereocenters. The van der Waals surface area contributed by atoms with Crippen molar-refractivity contribution in [2.24, 2.45) is 5.10 Å². The molecule has 31 heavy (non-hydrogen) atoms. The average Bonchev–Trinajstić information content (AvgIpc) is 3.19. The molecular weight excluding hydrogens is 432 g/mol. The van der Waals surface area contributed by atoms with Crippen LogP contribution in [0.4, 0.5) is 5.69 Å². The van der Waals surface area contributed by atoms with Gasteiger partial charge in [0, 0.05) is 30.2 Å². The molecule has 0 spiro atoms. The van der Waals surface area contributed by atoms with E-state index in [4.69, 9.17) is 11.6 Å². The summed E-state index contributed by atoms with van der Waals surface area (Å²) in [5.74, 6) is -0.930. The third-order valence-corrected chi connectivity index (χ3v) is 5.37. The molecule has 0 fully saturated rings. The summed E-state index contributed by atoms with van der Waals surface area (Å²) in [6.07, 6.45) is 3.10. The Morgan fingerprint density at radius 3 is 2.32 bits per heavy atom.